The summed E-state index contributed by atoms with van der Waals surface area (Å²) < 4.78 is 11.4. The van der Waals surface area contributed by atoms with E-state index in [1.807, 2.05) is 72.8 Å². The summed E-state index contributed by atoms with van der Waals surface area (Å²) in [7, 11) is 1.63. The van der Waals surface area contributed by atoms with Crippen LogP contribution in [0.2, 0.25) is 0 Å². The van der Waals surface area contributed by atoms with Crippen molar-refractivity contribution in [3.05, 3.63) is 95.9 Å². The Morgan fingerprint density at radius 1 is 0.920 bits per heavy atom. The van der Waals surface area contributed by atoms with E-state index in [2.05, 4.69) is 6.07 Å². The van der Waals surface area contributed by atoms with Crippen molar-refractivity contribution in [2.45, 2.75) is 18.9 Å². The summed E-state index contributed by atoms with van der Waals surface area (Å²) in [5.41, 5.74) is 1.44. The quantitative estimate of drug-likeness (QED) is 0.614. The lowest BCUT2D eigenvalue weighted by Gasteiger charge is -2.33. The molecular formula is C22H21NO2. The molecule has 0 aliphatic heterocycles. The smallest absolute Gasteiger partial charge is 0.134 e. The monoisotopic (exact) mass is 331 g/mol. The van der Waals surface area contributed by atoms with E-state index in [-0.39, 0.29) is 0 Å². The van der Waals surface area contributed by atoms with Crippen LogP contribution >= 0.6 is 0 Å². The minimum absolute atomic E-state index is 0.451. The summed E-state index contributed by atoms with van der Waals surface area (Å²) in [6.45, 7) is 0. The van der Waals surface area contributed by atoms with Crippen LogP contribution in [0.3, 0.4) is 0 Å². The highest BCUT2D eigenvalue weighted by Gasteiger charge is 2.42. The van der Waals surface area contributed by atoms with Crippen LogP contribution in [0.4, 0.5) is 0 Å². The lowest BCUT2D eigenvalue weighted by Crippen LogP contribution is -2.33. The zero-order valence-electron chi connectivity index (χ0n) is 14.3. The van der Waals surface area contributed by atoms with Crippen LogP contribution in [-0.4, -0.2) is 7.11 Å². The van der Waals surface area contributed by atoms with Gasteiger partial charge in [-0.2, -0.15) is 5.26 Å². The summed E-state index contributed by atoms with van der Waals surface area (Å²) in [5.74, 6) is 0.677. The molecule has 3 nitrogen and oxygen atoms in total. The number of benzene rings is 2. The molecule has 0 bridgehead atoms. The Balaban J connectivity index is 2.03. The summed E-state index contributed by atoms with van der Waals surface area (Å²) in [4.78, 5) is 0. The maximum atomic E-state index is 10.2. The molecule has 126 valence electrons. The van der Waals surface area contributed by atoms with Crippen LogP contribution in [0.15, 0.2) is 83.5 Å². The molecule has 3 heteroatoms. The van der Waals surface area contributed by atoms with E-state index in [0.29, 0.717) is 18.6 Å². The first-order valence-electron chi connectivity index (χ1n) is 8.33. The summed E-state index contributed by atoms with van der Waals surface area (Å²) >= 11 is 0. The minimum atomic E-state index is -0.769. The van der Waals surface area contributed by atoms with Crippen LogP contribution in [-0.2, 0) is 17.6 Å². The lowest BCUT2D eigenvalue weighted by atomic mass is 9.72. The highest BCUT2D eigenvalue weighted by Crippen LogP contribution is 2.42. The molecule has 25 heavy (non-hydrogen) atoms. The van der Waals surface area contributed by atoms with Gasteiger partial charge in [0.1, 0.15) is 11.9 Å². The zero-order chi connectivity index (χ0) is 17.5. The molecule has 0 saturated heterocycles. The normalized spacial score (nSPS) is 12.5. The van der Waals surface area contributed by atoms with E-state index in [1.165, 1.54) is 0 Å². The number of hydrogen-bond acceptors (Lipinski definition) is 3. The van der Waals surface area contributed by atoms with Gasteiger partial charge in [-0.15, -0.1) is 0 Å². The molecule has 3 rings (SSSR count). The van der Waals surface area contributed by atoms with Crippen LogP contribution < -0.4 is 0 Å². The summed E-state index contributed by atoms with van der Waals surface area (Å²) in [6, 6.07) is 26.4. The molecule has 1 unspecified atom stereocenters. The maximum Gasteiger partial charge on any atom is 0.134 e. The molecule has 0 fully saturated rings. The second-order valence-electron chi connectivity index (χ2n) is 6.22. The van der Waals surface area contributed by atoms with Gasteiger partial charge in [0.25, 0.3) is 0 Å². The highest BCUT2D eigenvalue weighted by atomic mass is 16.5. The van der Waals surface area contributed by atoms with Crippen molar-refractivity contribution in [3.8, 4) is 6.07 Å². The Morgan fingerprint density at radius 3 is 1.88 bits per heavy atom. The fourth-order valence-corrected chi connectivity index (χ4v) is 3.36. The first-order chi connectivity index (χ1) is 12.3. The van der Waals surface area contributed by atoms with Crippen LogP contribution in [0, 0.1) is 16.7 Å². The van der Waals surface area contributed by atoms with Gasteiger partial charge in [0.2, 0.25) is 0 Å². The Kier molecular flexibility index (Phi) is 5.33. The molecule has 0 aliphatic carbocycles. The van der Waals surface area contributed by atoms with Crippen molar-refractivity contribution in [3.63, 3.8) is 0 Å². The number of ether oxygens (including phenoxy) is 1. The molecule has 0 amide bonds. The molecule has 1 atom stereocenters. The van der Waals surface area contributed by atoms with E-state index < -0.39 is 11.5 Å². The topological polar surface area (TPSA) is 46.2 Å². The number of rotatable bonds is 7. The van der Waals surface area contributed by atoms with E-state index in [4.69, 9.17) is 9.15 Å². The highest BCUT2D eigenvalue weighted by molar-refractivity contribution is 5.27. The van der Waals surface area contributed by atoms with Crippen molar-refractivity contribution >= 4 is 0 Å². The number of methoxy groups -OCH3 is 1. The number of nitrogens with zero attached hydrogens (tertiary/aromatic N) is 1. The number of nitriles is 1. The van der Waals surface area contributed by atoms with Gasteiger partial charge in [-0.3, -0.25) is 0 Å². The van der Waals surface area contributed by atoms with Crippen molar-refractivity contribution in [1.29, 1.82) is 5.26 Å². The third-order valence-electron chi connectivity index (χ3n) is 4.49. The average molecular weight is 331 g/mol. The Morgan fingerprint density at radius 2 is 1.48 bits per heavy atom. The number of hydrogen-bond donors (Lipinski definition) is 0. The maximum absolute atomic E-state index is 10.2. The molecule has 2 aromatic carbocycles. The first-order valence-corrected chi connectivity index (χ1v) is 8.33. The van der Waals surface area contributed by atoms with Gasteiger partial charge in [-0.1, -0.05) is 60.7 Å². The predicted molar refractivity (Wildman–Crippen MR) is 96.8 cm³/mol. The molecule has 0 spiro atoms. The summed E-state index contributed by atoms with van der Waals surface area (Å²) in [5, 5.41) is 10.2. The number of furan rings is 1. The molecule has 1 heterocycles. The molecular weight excluding hydrogens is 310 g/mol. The second kappa shape index (κ2) is 7.83. The van der Waals surface area contributed by atoms with Crippen molar-refractivity contribution < 1.29 is 9.15 Å². The third-order valence-corrected chi connectivity index (χ3v) is 4.49. The van der Waals surface area contributed by atoms with Gasteiger partial charge in [0.15, 0.2) is 0 Å². The standard InChI is InChI=1S/C22H21NO2/c1-24-21(20-13-8-14-25-20)22(17-23,15-18-9-4-2-5-10-18)16-19-11-6-3-7-12-19/h2-14,21H,15-16H2,1H3. The largest absolute Gasteiger partial charge is 0.467 e. The average Bonchev–Trinajstić information content (AvgIpc) is 3.18. The third kappa shape index (κ3) is 3.81. The van der Waals surface area contributed by atoms with Gasteiger partial charge in [-0.05, 0) is 36.1 Å². The molecule has 0 aliphatic rings. The molecule has 0 saturated carbocycles. The zero-order valence-corrected chi connectivity index (χ0v) is 14.3. The van der Waals surface area contributed by atoms with E-state index in [9.17, 15) is 5.26 Å². The van der Waals surface area contributed by atoms with Crippen LogP contribution in [0.1, 0.15) is 23.0 Å². The van der Waals surface area contributed by atoms with Crippen LogP contribution in [0.25, 0.3) is 0 Å². The van der Waals surface area contributed by atoms with Gasteiger partial charge < -0.3 is 9.15 Å². The van der Waals surface area contributed by atoms with Gasteiger partial charge >= 0.3 is 0 Å². The van der Waals surface area contributed by atoms with E-state index in [0.717, 1.165) is 11.1 Å². The fraction of sp³-hybridized carbons (Fsp3) is 0.227. The molecule has 1 aromatic heterocycles. The fourth-order valence-electron chi connectivity index (χ4n) is 3.36. The van der Waals surface area contributed by atoms with Gasteiger partial charge in [-0.25, -0.2) is 0 Å². The van der Waals surface area contributed by atoms with Crippen LogP contribution in [0.5, 0.6) is 0 Å². The van der Waals surface area contributed by atoms with Crippen molar-refractivity contribution in [1.82, 2.24) is 0 Å². The van der Waals surface area contributed by atoms with Crippen molar-refractivity contribution in [2.75, 3.05) is 7.11 Å². The SMILES string of the molecule is COC(c1ccco1)C(C#N)(Cc1ccccc1)Cc1ccccc1. The second-order valence-corrected chi connectivity index (χ2v) is 6.22. The Hall–Kier alpha value is -2.83. The van der Waals surface area contributed by atoms with Gasteiger partial charge in [0.05, 0.1) is 17.7 Å². The first kappa shape index (κ1) is 17.0. The molecule has 0 N–H and O–H groups in total. The van der Waals surface area contributed by atoms with E-state index >= 15 is 0 Å². The summed E-state index contributed by atoms with van der Waals surface area (Å²) in [6.07, 6.45) is 2.33. The predicted octanol–water partition coefficient (Wildman–Crippen LogP) is 4.96. The Bertz CT molecular complexity index is 763. The Labute approximate surface area is 148 Å². The minimum Gasteiger partial charge on any atom is -0.467 e. The van der Waals surface area contributed by atoms with Crippen molar-refractivity contribution in [2.24, 2.45) is 5.41 Å². The lowest BCUT2D eigenvalue weighted by molar-refractivity contribution is 0.000298. The van der Waals surface area contributed by atoms with Gasteiger partial charge in [0, 0.05) is 7.11 Å². The molecule has 3 aromatic rings. The van der Waals surface area contributed by atoms with E-state index in [1.54, 1.807) is 13.4 Å². The molecule has 0 radical (unpaired) electrons.